The van der Waals surface area contributed by atoms with E-state index >= 15 is 0 Å². The molecule has 152 valence electrons. The van der Waals surface area contributed by atoms with Crippen molar-refractivity contribution in [3.8, 4) is 0 Å². The fourth-order valence-corrected chi connectivity index (χ4v) is 3.82. The Morgan fingerprint density at radius 1 is 1.12 bits per heavy atom. The summed E-state index contributed by atoms with van der Waals surface area (Å²) in [6.07, 6.45) is 5.14. The highest BCUT2D eigenvalue weighted by atomic mass is 35.5. The molecule has 0 unspecified atom stereocenters. The van der Waals surface area contributed by atoms with E-state index in [1.807, 2.05) is 6.92 Å². The van der Waals surface area contributed by atoms with Gasteiger partial charge in [-0.1, -0.05) is 20.3 Å². The van der Waals surface area contributed by atoms with Crippen molar-refractivity contribution < 1.29 is 14.3 Å². The number of carbonyl (C=O) groups is 2. The zero-order chi connectivity index (χ0) is 18.3. The van der Waals surface area contributed by atoms with Gasteiger partial charge in [0.15, 0.2) is 0 Å². The quantitative estimate of drug-likeness (QED) is 0.675. The molecule has 2 aliphatic rings. The van der Waals surface area contributed by atoms with Crippen LogP contribution in [0.4, 0.5) is 0 Å². The molecular weight excluding hydrogens is 354 g/mol. The molecule has 2 atom stereocenters. The molecule has 26 heavy (non-hydrogen) atoms. The number of halogens is 1. The average molecular weight is 390 g/mol. The molecule has 0 aliphatic carbocycles. The molecule has 0 bridgehead atoms. The van der Waals surface area contributed by atoms with Crippen molar-refractivity contribution in [1.82, 2.24) is 16.0 Å². The van der Waals surface area contributed by atoms with Crippen LogP contribution in [0.5, 0.6) is 0 Å². The van der Waals surface area contributed by atoms with Crippen molar-refractivity contribution in [1.29, 1.82) is 0 Å². The lowest BCUT2D eigenvalue weighted by Gasteiger charge is -2.37. The molecule has 2 amide bonds. The van der Waals surface area contributed by atoms with Gasteiger partial charge in [-0.3, -0.25) is 9.59 Å². The van der Waals surface area contributed by atoms with Crippen LogP contribution in [0.2, 0.25) is 0 Å². The Labute approximate surface area is 164 Å². The molecule has 0 aromatic heterocycles. The van der Waals surface area contributed by atoms with E-state index < -0.39 is 6.04 Å². The minimum Gasteiger partial charge on any atom is -0.379 e. The number of nitrogens with one attached hydrogen (secondary N) is 3. The summed E-state index contributed by atoms with van der Waals surface area (Å²) in [5.41, 5.74) is -0.347. The van der Waals surface area contributed by atoms with Crippen molar-refractivity contribution >= 4 is 24.2 Å². The largest absolute Gasteiger partial charge is 0.379 e. The summed E-state index contributed by atoms with van der Waals surface area (Å²) in [6.45, 7) is 9.03. The molecule has 2 heterocycles. The molecule has 0 saturated carbocycles. The lowest BCUT2D eigenvalue weighted by molar-refractivity contribution is -0.137. The van der Waals surface area contributed by atoms with Crippen molar-refractivity contribution in [3.63, 3.8) is 0 Å². The predicted octanol–water partition coefficient (Wildman–Crippen LogP) is 2.01. The number of carbonyl (C=O) groups excluding carboxylic acids is 2. The lowest BCUT2D eigenvalue weighted by Crippen LogP contribution is -2.55. The standard InChI is InChI=1S/C19H35N3O3.ClH/c1-14(2)12-16-17(23)21-15(3)13-25-11-5-4-6-19(18(24)22-16)7-9-20-10-8-19;/h14-16,20H,4-13H2,1-3H3,(H,21,23)(H,22,24);1H/t15-,16+;/m1./s1. The van der Waals surface area contributed by atoms with Gasteiger partial charge < -0.3 is 20.7 Å². The Kier molecular flexibility index (Phi) is 9.90. The third kappa shape index (κ3) is 6.71. The Morgan fingerprint density at radius 2 is 1.81 bits per heavy atom. The first-order valence-electron chi connectivity index (χ1n) is 9.83. The molecule has 2 aliphatic heterocycles. The number of rotatable bonds is 2. The summed E-state index contributed by atoms with van der Waals surface area (Å²) in [4.78, 5) is 25.8. The number of hydrogen-bond donors (Lipinski definition) is 3. The maximum absolute atomic E-state index is 13.2. The van der Waals surface area contributed by atoms with Gasteiger partial charge in [0.25, 0.3) is 0 Å². The highest BCUT2D eigenvalue weighted by Gasteiger charge is 2.40. The van der Waals surface area contributed by atoms with Gasteiger partial charge in [-0.25, -0.2) is 0 Å². The van der Waals surface area contributed by atoms with Gasteiger partial charge in [-0.2, -0.15) is 0 Å². The number of piperidine rings is 1. The molecule has 1 spiro atoms. The molecule has 2 fully saturated rings. The normalized spacial score (nSPS) is 28.2. The fraction of sp³-hybridized carbons (Fsp3) is 0.895. The third-order valence-corrected chi connectivity index (χ3v) is 5.32. The molecule has 2 rings (SSSR count). The van der Waals surface area contributed by atoms with E-state index in [1.165, 1.54) is 0 Å². The van der Waals surface area contributed by atoms with Gasteiger partial charge in [0.05, 0.1) is 12.0 Å². The summed E-state index contributed by atoms with van der Waals surface area (Å²) >= 11 is 0. The van der Waals surface area contributed by atoms with Gasteiger partial charge in [0.1, 0.15) is 6.04 Å². The molecule has 0 aromatic carbocycles. The molecule has 6 nitrogen and oxygen atoms in total. The van der Waals surface area contributed by atoms with Crippen LogP contribution in [-0.4, -0.2) is 50.2 Å². The summed E-state index contributed by atoms with van der Waals surface area (Å²) in [6, 6.07) is -0.518. The molecule has 3 N–H and O–H groups in total. The van der Waals surface area contributed by atoms with Gasteiger partial charge in [0, 0.05) is 12.6 Å². The Bertz CT molecular complexity index is 453. The summed E-state index contributed by atoms with van der Waals surface area (Å²) in [7, 11) is 0. The first kappa shape index (κ1) is 23.2. The molecule has 7 heteroatoms. The number of amides is 2. The van der Waals surface area contributed by atoms with E-state index in [-0.39, 0.29) is 35.7 Å². The van der Waals surface area contributed by atoms with Crippen LogP contribution in [-0.2, 0) is 14.3 Å². The monoisotopic (exact) mass is 389 g/mol. The highest BCUT2D eigenvalue weighted by Crippen LogP contribution is 2.35. The van der Waals surface area contributed by atoms with Gasteiger partial charge >= 0.3 is 0 Å². The van der Waals surface area contributed by atoms with Crippen LogP contribution in [0.15, 0.2) is 0 Å². The van der Waals surface area contributed by atoms with Crippen LogP contribution in [0.25, 0.3) is 0 Å². The maximum atomic E-state index is 13.2. The summed E-state index contributed by atoms with van der Waals surface area (Å²) in [5, 5.41) is 9.44. The van der Waals surface area contributed by atoms with Crippen LogP contribution >= 0.6 is 12.4 Å². The first-order chi connectivity index (χ1) is 11.9. The van der Waals surface area contributed by atoms with E-state index in [9.17, 15) is 9.59 Å². The molecule has 0 radical (unpaired) electrons. The third-order valence-electron chi connectivity index (χ3n) is 5.32. The number of hydrogen-bond acceptors (Lipinski definition) is 4. The van der Waals surface area contributed by atoms with Gasteiger partial charge in [-0.05, 0) is 58.0 Å². The van der Waals surface area contributed by atoms with Crippen molar-refractivity contribution in [3.05, 3.63) is 0 Å². The van der Waals surface area contributed by atoms with E-state index in [4.69, 9.17) is 4.74 Å². The minimum atomic E-state index is -0.470. The Morgan fingerprint density at radius 3 is 2.46 bits per heavy atom. The lowest BCUT2D eigenvalue weighted by atomic mass is 9.74. The zero-order valence-corrected chi connectivity index (χ0v) is 17.3. The summed E-state index contributed by atoms with van der Waals surface area (Å²) < 4.78 is 5.69. The predicted molar refractivity (Wildman–Crippen MR) is 105 cm³/mol. The van der Waals surface area contributed by atoms with Crippen molar-refractivity contribution in [2.45, 2.75) is 71.4 Å². The highest BCUT2D eigenvalue weighted by molar-refractivity contribution is 5.90. The first-order valence-corrected chi connectivity index (χ1v) is 9.83. The second kappa shape index (κ2) is 11.1. The van der Waals surface area contributed by atoms with Crippen molar-refractivity contribution in [2.75, 3.05) is 26.3 Å². The van der Waals surface area contributed by atoms with E-state index in [0.29, 0.717) is 25.6 Å². The molecule has 2 saturated heterocycles. The van der Waals surface area contributed by atoms with Crippen LogP contribution in [0.3, 0.4) is 0 Å². The minimum absolute atomic E-state index is 0. The van der Waals surface area contributed by atoms with Crippen molar-refractivity contribution in [2.24, 2.45) is 11.3 Å². The second-order valence-electron chi connectivity index (χ2n) is 8.13. The topological polar surface area (TPSA) is 79.5 Å². The van der Waals surface area contributed by atoms with Crippen LogP contribution in [0.1, 0.15) is 59.3 Å². The summed E-state index contributed by atoms with van der Waals surface area (Å²) in [5.74, 6) is 0.298. The second-order valence-corrected chi connectivity index (χ2v) is 8.13. The van der Waals surface area contributed by atoms with E-state index in [0.717, 1.165) is 45.2 Å². The zero-order valence-electron chi connectivity index (χ0n) is 16.4. The maximum Gasteiger partial charge on any atom is 0.242 e. The fourth-order valence-electron chi connectivity index (χ4n) is 3.82. The number of ether oxygens (including phenoxy) is 1. The van der Waals surface area contributed by atoms with Crippen LogP contribution < -0.4 is 16.0 Å². The smallest absolute Gasteiger partial charge is 0.242 e. The molecule has 0 aromatic rings. The molecular formula is C19H36ClN3O3. The van der Waals surface area contributed by atoms with E-state index in [2.05, 4.69) is 29.8 Å². The Hall–Kier alpha value is -0.850. The van der Waals surface area contributed by atoms with Gasteiger partial charge in [-0.15, -0.1) is 12.4 Å². The van der Waals surface area contributed by atoms with Gasteiger partial charge in [0.2, 0.25) is 11.8 Å². The van der Waals surface area contributed by atoms with Crippen LogP contribution in [0, 0.1) is 11.3 Å². The SMILES string of the molecule is CC(C)C[C@@H]1NC(=O)C2(CCCCOC[C@@H](C)NC1=O)CCNCC2.Cl. The average Bonchev–Trinajstić information content (AvgIpc) is 2.57. The Balaban J connectivity index is 0.00000338. The van der Waals surface area contributed by atoms with E-state index in [1.54, 1.807) is 0 Å².